The first-order chi connectivity index (χ1) is 11.7. The summed E-state index contributed by atoms with van der Waals surface area (Å²) in [5, 5.41) is 10.9. The maximum absolute atomic E-state index is 12.6. The molecule has 6 heteroatoms. The van der Waals surface area contributed by atoms with Crippen LogP contribution in [-0.4, -0.2) is 27.5 Å². The molecule has 1 amide bonds. The van der Waals surface area contributed by atoms with E-state index in [0.29, 0.717) is 23.7 Å². The first kappa shape index (κ1) is 15.7. The van der Waals surface area contributed by atoms with E-state index in [2.05, 4.69) is 15.6 Å². The lowest BCUT2D eigenvalue weighted by Crippen LogP contribution is -2.15. The molecule has 0 saturated carbocycles. The SMILES string of the molecule is CCOc1ccccc1NC(=O)c1nnn(-c2ccccc2)c1C. The molecule has 3 rings (SSSR count). The van der Waals surface area contributed by atoms with Gasteiger partial charge in [-0.2, -0.15) is 0 Å². The van der Waals surface area contributed by atoms with Crippen molar-refractivity contribution in [3.63, 3.8) is 0 Å². The first-order valence-electron chi connectivity index (χ1n) is 7.71. The largest absolute Gasteiger partial charge is 0.492 e. The molecule has 0 fully saturated rings. The summed E-state index contributed by atoms with van der Waals surface area (Å²) < 4.78 is 7.16. The lowest BCUT2D eigenvalue weighted by Gasteiger charge is -2.10. The summed E-state index contributed by atoms with van der Waals surface area (Å²) >= 11 is 0. The third kappa shape index (κ3) is 3.12. The third-order valence-electron chi connectivity index (χ3n) is 3.55. The van der Waals surface area contributed by atoms with E-state index in [0.717, 1.165) is 5.69 Å². The Morgan fingerprint density at radius 3 is 2.58 bits per heavy atom. The zero-order chi connectivity index (χ0) is 16.9. The number of rotatable bonds is 5. The van der Waals surface area contributed by atoms with Crippen molar-refractivity contribution < 1.29 is 9.53 Å². The van der Waals surface area contributed by atoms with Crippen molar-refractivity contribution in [2.24, 2.45) is 0 Å². The van der Waals surface area contributed by atoms with Crippen LogP contribution in [0.5, 0.6) is 5.75 Å². The van der Waals surface area contributed by atoms with E-state index in [1.54, 1.807) is 10.7 Å². The van der Waals surface area contributed by atoms with E-state index in [9.17, 15) is 4.79 Å². The fourth-order valence-electron chi connectivity index (χ4n) is 2.39. The van der Waals surface area contributed by atoms with E-state index >= 15 is 0 Å². The highest BCUT2D eigenvalue weighted by Crippen LogP contribution is 2.24. The fraction of sp³-hybridized carbons (Fsp3) is 0.167. The highest BCUT2D eigenvalue weighted by Gasteiger charge is 2.18. The number of nitrogens with one attached hydrogen (secondary N) is 1. The predicted octanol–water partition coefficient (Wildman–Crippen LogP) is 3.23. The van der Waals surface area contributed by atoms with E-state index < -0.39 is 0 Å². The van der Waals surface area contributed by atoms with Crippen LogP contribution in [0.15, 0.2) is 54.6 Å². The number of aromatic nitrogens is 3. The van der Waals surface area contributed by atoms with Crippen LogP contribution in [0, 0.1) is 6.92 Å². The second kappa shape index (κ2) is 6.95. The normalized spacial score (nSPS) is 10.4. The van der Waals surface area contributed by atoms with Crippen LogP contribution in [0.3, 0.4) is 0 Å². The molecule has 0 unspecified atom stereocenters. The van der Waals surface area contributed by atoms with Crippen LogP contribution >= 0.6 is 0 Å². The van der Waals surface area contributed by atoms with Gasteiger partial charge in [-0.1, -0.05) is 35.5 Å². The average molecular weight is 322 g/mol. The van der Waals surface area contributed by atoms with Gasteiger partial charge >= 0.3 is 0 Å². The number of para-hydroxylation sites is 3. The third-order valence-corrected chi connectivity index (χ3v) is 3.55. The smallest absolute Gasteiger partial charge is 0.278 e. The van der Waals surface area contributed by atoms with Crippen molar-refractivity contribution in [2.75, 3.05) is 11.9 Å². The number of nitrogens with zero attached hydrogens (tertiary/aromatic N) is 3. The van der Waals surface area contributed by atoms with Gasteiger partial charge in [-0.15, -0.1) is 5.10 Å². The summed E-state index contributed by atoms with van der Waals surface area (Å²) in [6.07, 6.45) is 0. The number of carbonyl (C=O) groups excluding carboxylic acids is 1. The minimum atomic E-state index is -0.318. The van der Waals surface area contributed by atoms with Crippen molar-refractivity contribution in [3.8, 4) is 11.4 Å². The second-order valence-corrected chi connectivity index (χ2v) is 5.15. The Morgan fingerprint density at radius 2 is 1.83 bits per heavy atom. The second-order valence-electron chi connectivity index (χ2n) is 5.15. The highest BCUT2D eigenvalue weighted by molar-refractivity contribution is 6.04. The van der Waals surface area contributed by atoms with Crippen molar-refractivity contribution in [3.05, 3.63) is 66.0 Å². The Labute approximate surface area is 140 Å². The van der Waals surface area contributed by atoms with Gasteiger partial charge in [-0.05, 0) is 38.1 Å². The Morgan fingerprint density at radius 1 is 1.12 bits per heavy atom. The molecule has 24 heavy (non-hydrogen) atoms. The summed E-state index contributed by atoms with van der Waals surface area (Å²) in [5.74, 6) is 0.309. The van der Waals surface area contributed by atoms with Crippen LogP contribution in [0.1, 0.15) is 23.1 Å². The van der Waals surface area contributed by atoms with E-state index in [4.69, 9.17) is 4.74 Å². The highest BCUT2D eigenvalue weighted by atomic mass is 16.5. The average Bonchev–Trinajstić information content (AvgIpc) is 2.99. The monoisotopic (exact) mass is 322 g/mol. The molecule has 122 valence electrons. The Kier molecular flexibility index (Phi) is 4.56. The maximum atomic E-state index is 12.6. The van der Waals surface area contributed by atoms with Gasteiger partial charge in [0.25, 0.3) is 5.91 Å². The van der Waals surface area contributed by atoms with Gasteiger partial charge in [0.2, 0.25) is 0 Å². The predicted molar refractivity (Wildman–Crippen MR) is 91.7 cm³/mol. The minimum absolute atomic E-state index is 0.283. The van der Waals surface area contributed by atoms with Crippen molar-refractivity contribution in [1.82, 2.24) is 15.0 Å². The molecule has 0 radical (unpaired) electrons. The number of hydrogen-bond donors (Lipinski definition) is 1. The van der Waals surface area contributed by atoms with Gasteiger partial charge in [0.05, 0.1) is 23.7 Å². The minimum Gasteiger partial charge on any atom is -0.492 e. The van der Waals surface area contributed by atoms with Gasteiger partial charge in [-0.3, -0.25) is 4.79 Å². The molecule has 0 bridgehead atoms. The Hall–Kier alpha value is -3.15. The Balaban J connectivity index is 1.86. The summed E-state index contributed by atoms with van der Waals surface area (Å²) in [7, 11) is 0. The van der Waals surface area contributed by atoms with Crippen LogP contribution in [0.2, 0.25) is 0 Å². The van der Waals surface area contributed by atoms with Crippen LogP contribution < -0.4 is 10.1 Å². The molecule has 0 saturated heterocycles. The zero-order valence-electron chi connectivity index (χ0n) is 13.6. The van der Waals surface area contributed by atoms with E-state index in [-0.39, 0.29) is 11.6 Å². The quantitative estimate of drug-likeness (QED) is 0.783. The summed E-state index contributed by atoms with van der Waals surface area (Å²) in [5.41, 5.74) is 2.42. The zero-order valence-corrected chi connectivity index (χ0v) is 13.6. The standard InChI is InChI=1S/C18H18N4O2/c1-3-24-16-12-8-7-11-15(16)19-18(23)17-13(2)22(21-20-17)14-9-5-4-6-10-14/h4-12H,3H2,1-2H3,(H,19,23). The summed E-state index contributed by atoms with van der Waals surface area (Å²) in [4.78, 5) is 12.6. The fourth-order valence-corrected chi connectivity index (χ4v) is 2.39. The van der Waals surface area contributed by atoms with Gasteiger partial charge in [0, 0.05) is 0 Å². The van der Waals surface area contributed by atoms with Crippen LogP contribution in [-0.2, 0) is 0 Å². The molecule has 1 aromatic heterocycles. The van der Waals surface area contributed by atoms with Crippen LogP contribution in [0.4, 0.5) is 5.69 Å². The maximum Gasteiger partial charge on any atom is 0.278 e. The number of amides is 1. The molecule has 0 aliphatic carbocycles. The summed E-state index contributed by atoms with van der Waals surface area (Å²) in [6.45, 7) is 4.24. The molecule has 6 nitrogen and oxygen atoms in total. The molecule has 2 aromatic carbocycles. The first-order valence-corrected chi connectivity index (χ1v) is 7.71. The number of anilines is 1. The molecular formula is C18H18N4O2. The number of hydrogen-bond acceptors (Lipinski definition) is 4. The van der Waals surface area contributed by atoms with Gasteiger partial charge < -0.3 is 10.1 Å². The molecule has 1 N–H and O–H groups in total. The van der Waals surface area contributed by atoms with Gasteiger partial charge in [-0.25, -0.2) is 4.68 Å². The van der Waals surface area contributed by atoms with E-state index in [1.807, 2.05) is 62.4 Å². The molecular weight excluding hydrogens is 304 g/mol. The number of ether oxygens (including phenoxy) is 1. The molecule has 0 aliphatic heterocycles. The van der Waals surface area contributed by atoms with Crippen LogP contribution in [0.25, 0.3) is 5.69 Å². The number of carbonyl (C=O) groups is 1. The van der Waals surface area contributed by atoms with Crippen molar-refractivity contribution in [1.29, 1.82) is 0 Å². The Bertz CT molecular complexity index is 843. The van der Waals surface area contributed by atoms with Crippen molar-refractivity contribution in [2.45, 2.75) is 13.8 Å². The lowest BCUT2D eigenvalue weighted by molar-refractivity contribution is 0.102. The van der Waals surface area contributed by atoms with Crippen molar-refractivity contribution >= 4 is 11.6 Å². The van der Waals surface area contributed by atoms with Gasteiger partial charge in [0.15, 0.2) is 5.69 Å². The lowest BCUT2D eigenvalue weighted by atomic mass is 10.2. The number of benzene rings is 2. The molecule has 0 spiro atoms. The van der Waals surface area contributed by atoms with E-state index in [1.165, 1.54) is 0 Å². The molecule has 0 aliphatic rings. The molecule has 0 atom stereocenters. The summed E-state index contributed by atoms with van der Waals surface area (Å²) in [6, 6.07) is 16.9. The molecule has 3 aromatic rings. The topological polar surface area (TPSA) is 69.0 Å². The van der Waals surface area contributed by atoms with Gasteiger partial charge in [0.1, 0.15) is 5.75 Å². The molecule has 1 heterocycles.